The number of thiocarbonyl (C=S) groups is 1. The van der Waals surface area contributed by atoms with Crippen molar-refractivity contribution >= 4 is 33.1 Å². The zero-order valence-corrected chi connectivity index (χ0v) is 12.0. The van der Waals surface area contributed by atoms with Crippen LogP contribution in [0.1, 0.15) is 18.9 Å². The minimum atomic E-state index is 0.169. The molecule has 0 spiro atoms. The van der Waals surface area contributed by atoms with E-state index >= 15 is 0 Å². The maximum Gasteiger partial charge on any atom is 0.0901 e. The molecule has 0 aliphatic carbocycles. The number of hydrogen-bond acceptors (Lipinski definition) is 2. The molecule has 88 valence electrons. The van der Waals surface area contributed by atoms with E-state index in [1.54, 1.807) is 0 Å². The topological polar surface area (TPSA) is 29.3 Å². The van der Waals surface area contributed by atoms with Gasteiger partial charge in [-0.1, -0.05) is 53.3 Å². The molecule has 1 rings (SSSR count). The van der Waals surface area contributed by atoms with Gasteiger partial charge in [0.1, 0.15) is 0 Å². The molecule has 1 unspecified atom stereocenters. The molecule has 2 N–H and O–H groups in total. The highest BCUT2D eigenvalue weighted by molar-refractivity contribution is 9.10. The van der Waals surface area contributed by atoms with Gasteiger partial charge in [-0.15, -0.1) is 0 Å². The SMILES string of the molecule is CCC(C(N)=S)N(C)Cc1ccccc1Br. The van der Waals surface area contributed by atoms with E-state index < -0.39 is 0 Å². The molecule has 0 heterocycles. The van der Waals surface area contributed by atoms with Gasteiger partial charge in [0.05, 0.1) is 11.0 Å². The van der Waals surface area contributed by atoms with Crippen molar-refractivity contribution in [3.8, 4) is 0 Å². The van der Waals surface area contributed by atoms with Crippen LogP contribution in [-0.2, 0) is 6.54 Å². The van der Waals surface area contributed by atoms with Crippen molar-refractivity contribution in [1.82, 2.24) is 4.90 Å². The lowest BCUT2D eigenvalue weighted by Crippen LogP contribution is -2.40. The number of nitrogens with two attached hydrogens (primary N) is 1. The molecular formula is C12H17BrN2S. The highest BCUT2D eigenvalue weighted by Gasteiger charge is 2.16. The first-order valence-corrected chi connectivity index (χ1v) is 6.49. The number of rotatable bonds is 5. The van der Waals surface area contributed by atoms with Crippen molar-refractivity contribution in [2.24, 2.45) is 5.73 Å². The monoisotopic (exact) mass is 300 g/mol. The van der Waals surface area contributed by atoms with E-state index in [1.807, 2.05) is 25.2 Å². The zero-order chi connectivity index (χ0) is 12.1. The standard InChI is InChI=1S/C12H17BrN2S/c1-3-11(12(14)16)15(2)8-9-6-4-5-7-10(9)13/h4-7,11H,3,8H2,1-2H3,(H2,14,16). The van der Waals surface area contributed by atoms with Crippen molar-refractivity contribution in [2.75, 3.05) is 7.05 Å². The molecule has 0 amide bonds. The van der Waals surface area contributed by atoms with Gasteiger partial charge in [-0.05, 0) is 25.1 Å². The van der Waals surface area contributed by atoms with Crippen molar-refractivity contribution in [1.29, 1.82) is 0 Å². The number of nitrogens with zero attached hydrogens (tertiary/aromatic N) is 1. The molecule has 16 heavy (non-hydrogen) atoms. The number of likely N-dealkylation sites (N-methyl/N-ethyl adjacent to an activating group) is 1. The molecule has 0 saturated carbocycles. The second-order valence-electron chi connectivity index (χ2n) is 3.83. The van der Waals surface area contributed by atoms with Gasteiger partial charge in [-0.3, -0.25) is 4.90 Å². The summed E-state index contributed by atoms with van der Waals surface area (Å²) >= 11 is 8.61. The second-order valence-corrected chi connectivity index (χ2v) is 5.16. The molecule has 1 aromatic rings. The fourth-order valence-electron chi connectivity index (χ4n) is 1.74. The van der Waals surface area contributed by atoms with Crippen LogP contribution in [0, 0.1) is 0 Å². The summed E-state index contributed by atoms with van der Waals surface area (Å²) in [5.41, 5.74) is 6.97. The lowest BCUT2D eigenvalue weighted by atomic mass is 10.1. The molecule has 1 atom stereocenters. The first-order chi connectivity index (χ1) is 7.56. The van der Waals surface area contributed by atoms with Crippen LogP contribution in [0.3, 0.4) is 0 Å². The molecule has 0 saturated heterocycles. The summed E-state index contributed by atoms with van der Waals surface area (Å²) in [7, 11) is 2.05. The van der Waals surface area contributed by atoms with Gasteiger partial charge in [-0.25, -0.2) is 0 Å². The van der Waals surface area contributed by atoms with Gasteiger partial charge < -0.3 is 5.73 Å². The maximum atomic E-state index is 5.72. The Morgan fingerprint density at radius 1 is 1.50 bits per heavy atom. The van der Waals surface area contributed by atoms with Gasteiger partial charge in [0.15, 0.2) is 0 Å². The van der Waals surface area contributed by atoms with Crippen LogP contribution in [-0.4, -0.2) is 23.0 Å². The van der Waals surface area contributed by atoms with Gasteiger partial charge >= 0.3 is 0 Å². The van der Waals surface area contributed by atoms with E-state index in [9.17, 15) is 0 Å². The van der Waals surface area contributed by atoms with Gasteiger partial charge in [0.2, 0.25) is 0 Å². The third-order valence-corrected chi connectivity index (χ3v) is 3.67. The Labute approximate surface area is 111 Å². The Morgan fingerprint density at radius 3 is 2.62 bits per heavy atom. The van der Waals surface area contributed by atoms with Crippen molar-refractivity contribution < 1.29 is 0 Å². The fourth-order valence-corrected chi connectivity index (χ4v) is 2.49. The predicted molar refractivity (Wildman–Crippen MR) is 76.5 cm³/mol. The molecule has 4 heteroatoms. The Balaban J connectivity index is 2.74. The summed E-state index contributed by atoms with van der Waals surface area (Å²) in [6.45, 7) is 2.94. The average Bonchev–Trinajstić information content (AvgIpc) is 2.22. The Hall–Kier alpha value is -0.450. The average molecular weight is 301 g/mol. The van der Waals surface area contributed by atoms with Crippen LogP contribution in [0.15, 0.2) is 28.7 Å². The third kappa shape index (κ3) is 3.54. The summed E-state index contributed by atoms with van der Waals surface area (Å²) in [5.74, 6) is 0. The van der Waals surface area contributed by atoms with E-state index in [2.05, 4.69) is 33.8 Å². The summed E-state index contributed by atoms with van der Waals surface area (Å²) in [4.78, 5) is 2.75. The van der Waals surface area contributed by atoms with Crippen LogP contribution < -0.4 is 5.73 Å². The van der Waals surface area contributed by atoms with Crippen LogP contribution in [0.5, 0.6) is 0 Å². The fraction of sp³-hybridized carbons (Fsp3) is 0.417. The minimum Gasteiger partial charge on any atom is -0.392 e. The number of benzene rings is 1. The van der Waals surface area contributed by atoms with E-state index in [0.29, 0.717) is 4.99 Å². The van der Waals surface area contributed by atoms with Crippen LogP contribution in [0.2, 0.25) is 0 Å². The molecule has 2 nitrogen and oxygen atoms in total. The largest absolute Gasteiger partial charge is 0.392 e. The molecular weight excluding hydrogens is 284 g/mol. The molecule has 0 aromatic heterocycles. The molecule has 0 radical (unpaired) electrons. The molecule has 0 aliphatic heterocycles. The normalized spacial score (nSPS) is 12.8. The summed E-state index contributed by atoms with van der Waals surface area (Å²) in [5, 5.41) is 0. The summed E-state index contributed by atoms with van der Waals surface area (Å²) in [6, 6.07) is 8.37. The third-order valence-electron chi connectivity index (χ3n) is 2.62. The Kier molecular flexibility index (Phi) is 5.38. The maximum absolute atomic E-state index is 5.72. The van der Waals surface area contributed by atoms with Crippen LogP contribution in [0.25, 0.3) is 0 Å². The minimum absolute atomic E-state index is 0.169. The van der Waals surface area contributed by atoms with Crippen molar-refractivity contribution in [3.63, 3.8) is 0 Å². The summed E-state index contributed by atoms with van der Waals surface area (Å²) < 4.78 is 1.12. The lowest BCUT2D eigenvalue weighted by Gasteiger charge is -2.26. The smallest absolute Gasteiger partial charge is 0.0901 e. The van der Waals surface area contributed by atoms with Crippen molar-refractivity contribution in [3.05, 3.63) is 34.3 Å². The van der Waals surface area contributed by atoms with Gasteiger partial charge in [0.25, 0.3) is 0 Å². The predicted octanol–water partition coefficient (Wildman–Crippen LogP) is 2.95. The van der Waals surface area contributed by atoms with Gasteiger partial charge in [0, 0.05) is 11.0 Å². The van der Waals surface area contributed by atoms with Crippen molar-refractivity contribution in [2.45, 2.75) is 25.9 Å². The number of halogens is 1. The summed E-state index contributed by atoms with van der Waals surface area (Å²) in [6.07, 6.45) is 0.941. The Morgan fingerprint density at radius 2 is 2.12 bits per heavy atom. The number of hydrogen-bond donors (Lipinski definition) is 1. The van der Waals surface area contributed by atoms with Crippen LogP contribution in [0.4, 0.5) is 0 Å². The first-order valence-electron chi connectivity index (χ1n) is 5.29. The molecule has 0 aliphatic rings. The lowest BCUT2D eigenvalue weighted by molar-refractivity contribution is 0.283. The molecule has 1 aromatic carbocycles. The van der Waals surface area contributed by atoms with E-state index in [-0.39, 0.29) is 6.04 Å². The highest BCUT2D eigenvalue weighted by Crippen LogP contribution is 2.18. The Bertz CT molecular complexity index is 368. The zero-order valence-electron chi connectivity index (χ0n) is 9.61. The first kappa shape index (κ1) is 13.6. The second kappa shape index (κ2) is 6.33. The molecule has 0 bridgehead atoms. The van der Waals surface area contributed by atoms with E-state index in [1.165, 1.54) is 5.56 Å². The van der Waals surface area contributed by atoms with E-state index in [4.69, 9.17) is 18.0 Å². The van der Waals surface area contributed by atoms with Crippen LogP contribution >= 0.6 is 28.1 Å². The highest BCUT2D eigenvalue weighted by atomic mass is 79.9. The van der Waals surface area contributed by atoms with E-state index in [0.717, 1.165) is 17.4 Å². The van der Waals surface area contributed by atoms with Gasteiger partial charge in [-0.2, -0.15) is 0 Å². The quantitative estimate of drug-likeness (QED) is 0.848. The molecule has 0 fully saturated rings.